The lowest BCUT2D eigenvalue weighted by Crippen LogP contribution is -2.28. The fourth-order valence-corrected chi connectivity index (χ4v) is 3.00. The molecule has 0 aromatic heterocycles. The van der Waals surface area contributed by atoms with Crippen molar-refractivity contribution in [1.82, 2.24) is 4.72 Å². The molecule has 2 rings (SSSR count). The molecule has 0 aliphatic carbocycles. The van der Waals surface area contributed by atoms with Crippen LogP contribution in [0.2, 0.25) is 5.02 Å². The van der Waals surface area contributed by atoms with Crippen LogP contribution in [0, 0.1) is 5.82 Å². The van der Waals surface area contributed by atoms with Crippen molar-refractivity contribution < 1.29 is 22.3 Å². The molecule has 0 unspecified atom stereocenters. The lowest BCUT2D eigenvalue weighted by Gasteiger charge is -2.10. The zero-order valence-corrected chi connectivity index (χ0v) is 13.8. The van der Waals surface area contributed by atoms with Crippen molar-refractivity contribution >= 4 is 21.6 Å². The minimum absolute atomic E-state index is 0.0437. The van der Waals surface area contributed by atoms with Crippen LogP contribution in [0.1, 0.15) is 0 Å². The van der Waals surface area contributed by atoms with E-state index in [0.717, 1.165) is 6.07 Å². The molecule has 1 N–H and O–H groups in total. The standard InChI is InChI=1S/C15H15ClFNO4S/c1-21-12-3-5-13(6-4-12)23(19,20)18-8-9-22-15-7-2-11(17)10-14(15)16/h2-7,10,18H,8-9H2,1H3. The monoisotopic (exact) mass is 359 g/mol. The molecule has 0 saturated heterocycles. The van der Waals surface area contributed by atoms with Crippen molar-refractivity contribution in [2.45, 2.75) is 4.90 Å². The van der Waals surface area contributed by atoms with Crippen LogP contribution in [0.5, 0.6) is 11.5 Å². The summed E-state index contributed by atoms with van der Waals surface area (Å²) in [7, 11) is -2.14. The van der Waals surface area contributed by atoms with E-state index in [4.69, 9.17) is 21.1 Å². The van der Waals surface area contributed by atoms with Crippen molar-refractivity contribution in [1.29, 1.82) is 0 Å². The van der Waals surface area contributed by atoms with Crippen LogP contribution in [0.15, 0.2) is 47.4 Å². The van der Waals surface area contributed by atoms with Crippen LogP contribution < -0.4 is 14.2 Å². The van der Waals surface area contributed by atoms with Crippen molar-refractivity contribution in [3.8, 4) is 11.5 Å². The minimum atomic E-state index is -3.64. The first kappa shape index (κ1) is 17.5. The summed E-state index contributed by atoms with van der Waals surface area (Å²) in [6, 6.07) is 9.72. The number of benzene rings is 2. The SMILES string of the molecule is COc1ccc(S(=O)(=O)NCCOc2ccc(F)cc2Cl)cc1. The fourth-order valence-electron chi connectivity index (χ4n) is 1.77. The van der Waals surface area contributed by atoms with Crippen LogP contribution in [0.3, 0.4) is 0 Å². The predicted molar refractivity (Wildman–Crippen MR) is 85.1 cm³/mol. The maximum absolute atomic E-state index is 12.9. The quantitative estimate of drug-likeness (QED) is 0.772. The normalized spacial score (nSPS) is 11.3. The average molecular weight is 360 g/mol. The van der Waals surface area contributed by atoms with Gasteiger partial charge in [0.05, 0.1) is 17.0 Å². The largest absolute Gasteiger partial charge is 0.497 e. The van der Waals surface area contributed by atoms with Gasteiger partial charge in [-0.3, -0.25) is 0 Å². The Morgan fingerprint density at radius 3 is 2.48 bits per heavy atom. The molecular weight excluding hydrogens is 345 g/mol. The van der Waals surface area contributed by atoms with Crippen LogP contribution in [-0.4, -0.2) is 28.7 Å². The molecule has 0 aliphatic rings. The highest BCUT2D eigenvalue weighted by Gasteiger charge is 2.13. The molecule has 8 heteroatoms. The van der Waals surface area contributed by atoms with Gasteiger partial charge in [0.1, 0.15) is 23.9 Å². The van der Waals surface area contributed by atoms with E-state index < -0.39 is 15.8 Å². The Labute approximate surface area is 139 Å². The summed E-state index contributed by atoms with van der Waals surface area (Å²) in [4.78, 5) is 0.123. The van der Waals surface area contributed by atoms with Gasteiger partial charge in [-0.2, -0.15) is 0 Å². The second-order valence-corrected chi connectivity index (χ2v) is 6.67. The van der Waals surface area contributed by atoms with Gasteiger partial charge in [0.15, 0.2) is 0 Å². The Balaban J connectivity index is 1.89. The molecule has 0 saturated carbocycles. The molecule has 0 bridgehead atoms. The number of hydrogen-bond donors (Lipinski definition) is 1. The van der Waals surface area contributed by atoms with E-state index in [1.807, 2.05) is 0 Å². The summed E-state index contributed by atoms with van der Waals surface area (Å²) < 4.78 is 49.7. The summed E-state index contributed by atoms with van der Waals surface area (Å²) in [6.07, 6.45) is 0. The highest BCUT2D eigenvalue weighted by molar-refractivity contribution is 7.89. The Morgan fingerprint density at radius 1 is 1.17 bits per heavy atom. The lowest BCUT2D eigenvalue weighted by molar-refractivity contribution is 0.322. The van der Waals surface area contributed by atoms with Gasteiger partial charge in [-0.05, 0) is 42.5 Å². The molecule has 23 heavy (non-hydrogen) atoms. The van der Waals surface area contributed by atoms with E-state index >= 15 is 0 Å². The Morgan fingerprint density at radius 2 is 1.87 bits per heavy atom. The van der Waals surface area contributed by atoms with Crippen LogP contribution in [-0.2, 0) is 10.0 Å². The lowest BCUT2D eigenvalue weighted by atomic mass is 10.3. The predicted octanol–water partition coefficient (Wildman–Crippen LogP) is 2.85. The van der Waals surface area contributed by atoms with Crippen molar-refractivity contribution in [2.75, 3.05) is 20.3 Å². The van der Waals surface area contributed by atoms with Gasteiger partial charge >= 0.3 is 0 Å². The topological polar surface area (TPSA) is 64.6 Å². The van der Waals surface area contributed by atoms with Crippen LogP contribution in [0.25, 0.3) is 0 Å². The van der Waals surface area contributed by atoms with E-state index in [9.17, 15) is 12.8 Å². The fraction of sp³-hybridized carbons (Fsp3) is 0.200. The molecule has 0 radical (unpaired) electrons. The second kappa shape index (κ2) is 7.63. The molecule has 0 heterocycles. The van der Waals surface area contributed by atoms with Crippen LogP contribution in [0.4, 0.5) is 4.39 Å². The highest BCUT2D eigenvalue weighted by Crippen LogP contribution is 2.24. The smallest absolute Gasteiger partial charge is 0.240 e. The number of nitrogens with one attached hydrogen (secondary N) is 1. The van der Waals surface area contributed by atoms with Gasteiger partial charge in [-0.1, -0.05) is 11.6 Å². The molecule has 0 spiro atoms. The first-order valence-corrected chi connectivity index (χ1v) is 8.50. The third-order valence-electron chi connectivity index (χ3n) is 2.92. The third-order valence-corrected chi connectivity index (χ3v) is 4.69. The first-order valence-electron chi connectivity index (χ1n) is 6.64. The zero-order chi connectivity index (χ0) is 16.9. The van der Waals surface area contributed by atoms with Gasteiger partial charge in [-0.25, -0.2) is 17.5 Å². The van der Waals surface area contributed by atoms with E-state index in [-0.39, 0.29) is 28.8 Å². The zero-order valence-electron chi connectivity index (χ0n) is 12.3. The maximum Gasteiger partial charge on any atom is 0.240 e. The number of hydrogen-bond acceptors (Lipinski definition) is 4. The third kappa shape index (κ3) is 4.82. The Kier molecular flexibility index (Phi) is 5.81. The van der Waals surface area contributed by atoms with E-state index in [1.165, 1.54) is 31.4 Å². The molecule has 124 valence electrons. The average Bonchev–Trinajstić information content (AvgIpc) is 2.53. The number of sulfonamides is 1. The van der Waals surface area contributed by atoms with E-state index in [1.54, 1.807) is 12.1 Å². The Hall–Kier alpha value is -1.83. The molecule has 0 fully saturated rings. The number of methoxy groups -OCH3 is 1. The summed E-state index contributed by atoms with van der Waals surface area (Å²) in [5, 5.41) is 0.128. The second-order valence-electron chi connectivity index (χ2n) is 4.50. The number of halogens is 2. The van der Waals surface area contributed by atoms with Crippen molar-refractivity contribution in [2.24, 2.45) is 0 Å². The van der Waals surface area contributed by atoms with Crippen molar-refractivity contribution in [3.63, 3.8) is 0 Å². The van der Waals surface area contributed by atoms with Crippen molar-refractivity contribution in [3.05, 3.63) is 53.3 Å². The van der Waals surface area contributed by atoms with Gasteiger partial charge in [0.2, 0.25) is 10.0 Å². The van der Waals surface area contributed by atoms with Gasteiger partial charge in [0, 0.05) is 6.54 Å². The number of rotatable bonds is 7. The first-order chi connectivity index (χ1) is 10.9. The molecule has 0 atom stereocenters. The number of ether oxygens (including phenoxy) is 2. The minimum Gasteiger partial charge on any atom is -0.497 e. The summed E-state index contributed by atoms with van der Waals surface area (Å²) >= 11 is 5.81. The molecule has 5 nitrogen and oxygen atoms in total. The molecule has 2 aromatic rings. The molecule has 0 aliphatic heterocycles. The van der Waals surface area contributed by atoms with Gasteiger partial charge < -0.3 is 9.47 Å². The Bertz CT molecular complexity index is 766. The van der Waals surface area contributed by atoms with E-state index in [0.29, 0.717) is 5.75 Å². The highest BCUT2D eigenvalue weighted by atomic mass is 35.5. The van der Waals surface area contributed by atoms with Gasteiger partial charge in [-0.15, -0.1) is 0 Å². The maximum atomic E-state index is 12.9. The molecule has 0 amide bonds. The van der Waals surface area contributed by atoms with Crippen LogP contribution >= 0.6 is 11.6 Å². The van der Waals surface area contributed by atoms with E-state index in [2.05, 4.69) is 4.72 Å². The summed E-state index contributed by atoms with van der Waals surface area (Å²) in [5.41, 5.74) is 0. The van der Waals surface area contributed by atoms with Gasteiger partial charge in [0.25, 0.3) is 0 Å². The summed E-state index contributed by atoms with van der Waals surface area (Å²) in [5.74, 6) is 0.387. The summed E-state index contributed by atoms with van der Waals surface area (Å²) in [6.45, 7) is 0.100. The molecule has 2 aromatic carbocycles. The molecular formula is C15H15ClFNO4S.